The second kappa shape index (κ2) is 11.2. The largest absolute Gasteiger partial charge is 0.472 e. The Morgan fingerprint density at radius 3 is 2.61 bits per heavy atom. The number of aryl methyl sites for hydroxylation is 1. The number of carbonyl (C=O) groups excluding carboxylic acids is 1. The number of hydrogen-bond acceptors (Lipinski definition) is 5. The molecule has 190 valence electrons. The molecule has 2 heterocycles. The lowest BCUT2D eigenvalue weighted by molar-refractivity contribution is 0.0324. The highest BCUT2D eigenvalue weighted by atomic mass is 19.1. The fourth-order valence-corrected chi connectivity index (χ4v) is 4.51. The number of aliphatic hydroxyl groups is 1. The van der Waals surface area contributed by atoms with Crippen molar-refractivity contribution in [1.29, 1.82) is 0 Å². The minimum absolute atomic E-state index is 0.0438. The number of benzene rings is 2. The first-order valence-electron chi connectivity index (χ1n) is 12.3. The number of likely N-dealkylation sites (N-methyl/N-ethyl adjacent to an activating group) is 1. The molecule has 1 amide bonds. The number of aromatic nitrogens is 1. The van der Waals surface area contributed by atoms with E-state index in [9.17, 15) is 14.3 Å². The first-order valence-corrected chi connectivity index (χ1v) is 12.3. The molecule has 0 bridgehead atoms. The molecular weight excluding hydrogens is 457 g/mol. The maximum Gasteiger partial charge on any atom is 0.259 e. The predicted octanol–water partition coefficient (Wildman–Crippen LogP) is 4.55. The number of rotatable bonds is 7. The molecule has 0 saturated heterocycles. The molecule has 0 unspecified atom stereocenters. The number of ether oxygens (including phenoxy) is 1. The highest BCUT2D eigenvalue weighted by Gasteiger charge is 2.34. The Bertz CT molecular complexity index is 1200. The van der Waals surface area contributed by atoms with E-state index in [0.717, 1.165) is 16.7 Å². The van der Waals surface area contributed by atoms with Crippen LogP contribution in [0, 0.1) is 18.7 Å². The molecular formula is C29H34FN3O3. The minimum atomic E-state index is -0.356. The number of pyridine rings is 1. The molecule has 3 aromatic rings. The second-order valence-corrected chi connectivity index (χ2v) is 9.85. The van der Waals surface area contributed by atoms with Crippen LogP contribution in [0.2, 0.25) is 0 Å². The van der Waals surface area contributed by atoms with E-state index in [1.54, 1.807) is 23.2 Å². The first kappa shape index (κ1) is 25.8. The number of carbonyl (C=O) groups is 1. The summed E-state index contributed by atoms with van der Waals surface area (Å²) >= 11 is 0. The third kappa shape index (κ3) is 5.74. The molecule has 0 spiro atoms. The summed E-state index contributed by atoms with van der Waals surface area (Å²) < 4.78 is 20.6. The zero-order valence-electron chi connectivity index (χ0n) is 21.3. The molecule has 3 atom stereocenters. The summed E-state index contributed by atoms with van der Waals surface area (Å²) in [7, 11) is 1.93. The fraction of sp³-hybridized carbons (Fsp3) is 0.379. The quantitative estimate of drug-likeness (QED) is 0.525. The second-order valence-electron chi connectivity index (χ2n) is 9.85. The molecule has 4 rings (SSSR count). The van der Waals surface area contributed by atoms with Crippen molar-refractivity contribution in [3.63, 3.8) is 0 Å². The molecule has 7 heteroatoms. The molecule has 0 aliphatic carbocycles. The zero-order chi connectivity index (χ0) is 25.8. The van der Waals surface area contributed by atoms with Gasteiger partial charge in [0, 0.05) is 42.9 Å². The van der Waals surface area contributed by atoms with Crippen LogP contribution >= 0.6 is 0 Å². The summed E-state index contributed by atoms with van der Waals surface area (Å²) in [5.74, 6) is -0.210. The Kier molecular flexibility index (Phi) is 8.01. The fourth-order valence-electron chi connectivity index (χ4n) is 4.51. The third-order valence-corrected chi connectivity index (χ3v) is 6.80. The normalized spacial score (nSPS) is 18.9. The Balaban J connectivity index is 1.65. The molecule has 1 aromatic heterocycles. The van der Waals surface area contributed by atoms with Crippen molar-refractivity contribution in [3.8, 4) is 17.0 Å². The summed E-state index contributed by atoms with van der Waals surface area (Å²) in [6.45, 7) is 7.12. The van der Waals surface area contributed by atoms with Crippen LogP contribution in [0.3, 0.4) is 0 Å². The first-order chi connectivity index (χ1) is 17.3. The van der Waals surface area contributed by atoms with Crippen molar-refractivity contribution in [2.45, 2.75) is 39.5 Å². The standard InChI is InChI=1S/C29H34FN3O3/c1-19-9-11-22(12-10-19)24-13-25-28(31-14-24)36-27(20(2)15-33(29(25)35)21(3)18-34)17-32(4)16-23-7-5-6-8-26(23)30/h5-14,20-21,27,34H,15-18H2,1-4H3/t20-,21-,27-/m1/s1. The lowest BCUT2D eigenvalue weighted by Gasteiger charge is -2.37. The van der Waals surface area contributed by atoms with Crippen molar-refractivity contribution in [2.75, 3.05) is 26.7 Å². The highest BCUT2D eigenvalue weighted by molar-refractivity contribution is 5.98. The molecule has 1 aliphatic rings. The van der Waals surface area contributed by atoms with E-state index in [1.807, 2.05) is 69.1 Å². The number of fused-ring (bicyclic) bond motifs is 1. The van der Waals surface area contributed by atoms with Gasteiger partial charge >= 0.3 is 0 Å². The summed E-state index contributed by atoms with van der Waals surface area (Å²) in [4.78, 5) is 21.9. The van der Waals surface area contributed by atoms with Gasteiger partial charge < -0.3 is 14.7 Å². The van der Waals surface area contributed by atoms with Crippen molar-refractivity contribution in [2.24, 2.45) is 5.92 Å². The van der Waals surface area contributed by atoms with Gasteiger partial charge in [0.25, 0.3) is 5.91 Å². The van der Waals surface area contributed by atoms with Crippen LogP contribution in [0.25, 0.3) is 11.1 Å². The van der Waals surface area contributed by atoms with Crippen LogP contribution in [-0.4, -0.2) is 64.7 Å². The number of halogens is 1. The zero-order valence-corrected chi connectivity index (χ0v) is 21.3. The van der Waals surface area contributed by atoms with Gasteiger partial charge in [0.15, 0.2) is 0 Å². The Hall–Kier alpha value is -3.29. The maximum absolute atomic E-state index is 14.2. The van der Waals surface area contributed by atoms with Crippen LogP contribution in [0.15, 0.2) is 60.8 Å². The van der Waals surface area contributed by atoms with Crippen LogP contribution in [0.5, 0.6) is 5.88 Å². The Morgan fingerprint density at radius 1 is 1.19 bits per heavy atom. The van der Waals surface area contributed by atoms with Gasteiger partial charge in [-0.1, -0.05) is 55.0 Å². The molecule has 2 aromatic carbocycles. The van der Waals surface area contributed by atoms with Gasteiger partial charge in [0.1, 0.15) is 17.5 Å². The molecule has 0 radical (unpaired) electrons. The smallest absolute Gasteiger partial charge is 0.259 e. The van der Waals surface area contributed by atoms with E-state index < -0.39 is 0 Å². The minimum Gasteiger partial charge on any atom is -0.472 e. The number of amides is 1. The third-order valence-electron chi connectivity index (χ3n) is 6.80. The lowest BCUT2D eigenvalue weighted by Crippen LogP contribution is -2.49. The van der Waals surface area contributed by atoms with Gasteiger partial charge in [-0.25, -0.2) is 9.37 Å². The van der Waals surface area contributed by atoms with Crippen molar-refractivity contribution in [3.05, 3.63) is 83.3 Å². The molecule has 36 heavy (non-hydrogen) atoms. The van der Waals surface area contributed by atoms with Crippen LogP contribution in [0.1, 0.15) is 35.3 Å². The molecule has 0 saturated carbocycles. The van der Waals surface area contributed by atoms with Crippen molar-refractivity contribution >= 4 is 5.91 Å². The maximum atomic E-state index is 14.2. The van der Waals surface area contributed by atoms with E-state index in [0.29, 0.717) is 30.8 Å². The predicted molar refractivity (Wildman–Crippen MR) is 138 cm³/mol. The lowest BCUT2D eigenvalue weighted by atomic mass is 9.99. The van der Waals surface area contributed by atoms with Gasteiger partial charge in [-0.05, 0) is 38.6 Å². The number of hydrogen-bond donors (Lipinski definition) is 1. The summed E-state index contributed by atoms with van der Waals surface area (Å²) in [6.07, 6.45) is 1.43. The van der Waals surface area contributed by atoms with E-state index in [4.69, 9.17) is 4.74 Å². The average Bonchev–Trinajstić information content (AvgIpc) is 2.87. The van der Waals surface area contributed by atoms with Gasteiger partial charge in [0.2, 0.25) is 5.88 Å². The molecule has 1 aliphatic heterocycles. The molecule has 1 N–H and O–H groups in total. The number of nitrogens with zero attached hydrogens (tertiary/aromatic N) is 3. The van der Waals surface area contributed by atoms with Gasteiger partial charge in [-0.15, -0.1) is 0 Å². The number of aliphatic hydroxyl groups excluding tert-OH is 1. The topological polar surface area (TPSA) is 65.9 Å². The van der Waals surface area contributed by atoms with Crippen molar-refractivity contribution in [1.82, 2.24) is 14.8 Å². The Morgan fingerprint density at radius 2 is 1.92 bits per heavy atom. The van der Waals surface area contributed by atoms with E-state index >= 15 is 0 Å². The Labute approximate surface area is 212 Å². The highest BCUT2D eigenvalue weighted by Crippen LogP contribution is 2.30. The monoisotopic (exact) mass is 491 g/mol. The SMILES string of the molecule is Cc1ccc(-c2cnc3c(c2)C(=O)N([C@H](C)CO)C[C@@H](C)[C@@H](CN(C)Cc2ccccc2F)O3)cc1. The van der Waals surface area contributed by atoms with Crippen molar-refractivity contribution < 1.29 is 19.0 Å². The molecule has 0 fully saturated rings. The summed E-state index contributed by atoms with van der Waals surface area (Å²) in [5.41, 5.74) is 3.93. The summed E-state index contributed by atoms with van der Waals surface area (Å²) in [5, 5.41) is 9.88. The van der Waals surface area contributed by atoms with E-state index in [-0.39, 0.29) is 42.3 Å². The van der Waals surface area contributed by atoms with Crippen LogP contribution in [-0.2, 0) is 6.54 Å². The summed E-state index contributed by atoms with van der Waals surface area (Å²) in [6, 6.07) is 16.3. The van der Waals surface area contributed by atoms with Crippen LogP contribution < -0.4 is 4.74 Å². The van der Waals surface area contributed by atoms with Gasteiger partial charge in [-0.3, -0.25) is 9.69 Å². The van der Waals surface area contributed by atoms with E-state index in [1.165, 1.54) is 6.07 Å². The molecule has 6 nitrogen and oxygen atoms in total. The van der Waals surface area contributed by atoms with Gasteiger partial charge in [-0.2, -0.15) is 0 Å². The van der Waals surface area contributed by atoms with Gasteiger partial charge in [0.05, 0.1) is 12.6 Å². The van der Waals surface area contributed by atoms with E-state index in [2.05, 4.69) is 4.98 Å². The van der Waals surface area contributed by atoms with Crippen LogP contribution in [0.4, 0.5) is 4.39 Å². The average molecular weight is 492 g/mol.